The van der Waals surface area contributed by atoms with E-state index >= 15 is 0 Å². The molecule has 0 radical (unpaired) electrons. The second kappa shape index (κ2) is 6.58. The molecular formula is C14H19NO3S3. The van der Waals surface area contributed by atoms with Crippen molar-refractivity contribution in [3.63, 3.8) is 0 Å². The third kappa shape index (κ3) is 3.54. The van der Waals surface area contributed by atoms with Gasteiger partial charge in [-0.25, -0.2) is 8.42 Å². The lowest BCUT2D eigenvalue weighted by Crippen LogP contribution is -2.36. The molecule has 0 bridgehead atoms. The predicted octanol–water partition coefficient (Wildman–Crippen LogP) is 2.86. The third-order valence-corrected chi connectivity index (χ3v) is 7.59. The number of hydrogen-bond donors (Lipinski definition) is 1. The van der Waals surface area contributed by atoms with Crippen LogP contribution in [0.5, 0.6) is 0 Å². The number of aryl methyl sites for hydroxylation is 1. The van der Waals surface area contributed by atoms with E-state index in [1.807, 2.05) is 24.4 Å². The fourth-order valence-electron chi connectivity index (χ4n) is 2.10. The number of aliphatic hydroxyl groups excluding tert-OH is 1. The van der Waals surface area contributed by atoms with Crippen molar-refractivity contribution in [2.45, 2.75) is 37.8 Å². The van der Waals surface area contributed by atoms with E-state index in [4.69, 9.17) is 5.11 Å². The Hall–Kier alpha value is -0.730. The highest BCUT2D eigenvalue weighted by atomic mass is 32.2. The Labute approximate surface area is 133 Å². The number of likely N-dealkylation sites (N-methyl/N-ethyl adjacent to an activating group) is 1. The fourth-order valence-corrected chi connectivity index (χ4v) is 5.75. The summed E-state index contributed by atoms with van der Waals surface area (Å²) in [5, 5.41) is 11.2. The number of aliphatic hydroxyl groups is 1. The molecule has 1 unspecified atom stereocenters. The van der Waals surface area contributed by atoms with Gasteiger partial charge in [-0.1, -0.05) is 6.07 Å². The molecule has 0 saturated heterocycles. The van der Waals surface area contributed by atoms with Crippen molar-refractivity contribution in [3.05, 3.63) is 38.2 Å². The predicted molar refractivity (Wildman–Crippen MR) is 87.4 cm³/mol. The molecule has 7 heteroatoms. The first kappa shape index (κ1) is 16.6. The van der Waals surface area contributed by atoms with Crippen LogP contribution in [0.3, 0.4) is 0 Å². The van der Waals surface area contributed by atoms with Crippen molar-refractivity contribution in [2.24, 2.45) is 0 Å². The summed E-state index contributed by atoms with van der Waals surface area (Å²) in [6.45, 7) is 3.55. The van der Waals surface area contributed by atoms with Gasteiger partial charge in [-0.3, -0.25) is 0 Å². The minimum Gasteiger partial charge on any atom is -0.391 e. The van der Waals surface area contributed by atoms with E-state index in [1.165, 1.54) is 20.5 Å². The van der Waals surface area contributed by atoms with Crippen LogP contribution < -0.4 is 0 Å². The van der Waals surface area contributed by atoms with Gasteiger partial charge in [0.05, 0.1) is 11.5 Å². The summed E-state index contributed by atoms with van der Waals surface area (Å²) >= 11 is 2.96. The van der Waals surface area contributed by atoms with Crippen LogP contribution in [0.2, 0.25) is 0 Å². The summed E-state index contributed by atoms with van der Waals surface area (Å²) in [4.78, 5) is 2.86. The van der Waals surface area contributed by atoms with E-state index in [-0.39, 0.29) is 12.6 Å². The maximum absolute atomic E-state index is 12.7. The molecular weight excluding hydrogens is 326 g/mol. The molecule has 2 aromatic heterocycles. The largest absolute Gasteiger partial charge is 0.391 e. The number of thiophene rings is 2. The Bertz CT molecular complexity index is 689. The third-order valence-electron chi connectivity index (χ3n) is 3.43. The lowest BCUT2D eigenvalue weighted by atomic mass is 10.2. The van der Waals surface area contributed by atoms with Crippen molar-refractivity contribution in [1.29, 1.82) is 0 Å². The summed E-state index contributed by atoms with van der Waals surface area (Å²) in [5.41, 5.74) is 0. The second-order valence-corrected chi connectivity index (χ2v) is 9.28. The highest BCUT2D eigenvalue weighted by Crippen LogP contribution is 2.29. The van der Waals surface area contributed by atoms with Gasteiger partial charge in [-0.15, -0.1) is 22.7 Å². The molecule has 2 rings (SSSR count). The molecule has 0 saturated carbocycles. The molecule has 0 aliphatic heterocycles. The van der Waals surface area contributed by atoms with Crippen LogP contribution >= 0.6 is 22.7 Å². The van der Waals surface area contributed by atoms with E-state index in [0.29, 0.717) is 21.1 Å². The van der Waals surface area contributed by atoms with Crippen LogP contribution in [0.15, 0.2) is 28.5 Å². The lowest BCUT2D eigenvalue weighted by Gasteiger charge is -2.23. The van der Waals surface area contributed by atoms with Crippen LogP contribution in [0.1, 0.15) is 21.6 Å². The molecule has 1 N–H and O–H groups in total. The molecule has 0 aliphatic rings. The summed E-state index contributed by atoms with van der Waals surface area (Å²) in [7, 11) is -1.91. The smallest absolute Gasteiger partial charge is 0.244 e. The maximum Gasteiger partial charge on any atom is 0.244 e. The van der Waals surface area contributed by atoms with Crippen LogP contribution in [0.4, 0.5) is 0 Å². The fraction of sp³-hybridized carbons (Fsp3) is 0.429. The first-order valence-electron chi connectivity index (χ1n) is 6.57. The first-order chi connectivity index (χ1) is 9.86. The molecule has 21 heavy (non-hydrogen) atoms. The Morgan fingerprint density at radius 2 is 2.10 bits per heavy atom. The van der Waals surface area contributed by atoms with E-state index < -0.39 is 10.0 Å². The topological polar surface area (TPSA) is 57.6 Å². The molecule has 4 nitrogen and oxygen atoms in total. The lowest BCUT2D eigenvalue weighted by molar-refractivity contribution is 0.285. The van der Waals surface area contributed by atoms with Gasteiger partial charge in [-0.05, 0) is 37.8 Å². The summed E-state index contributed by atoms with van der Waals surface area (Å²) < 4.78 is 26.8. The Balaban J connectivity index is 2.23. The van der Waals surface area contributed by atoms with E-state index in [2.05, 4.69) is 0 Å². The molecule has 0 aromatic carbocycles. The number of hydrogen-bond acceptors (Lipinski definition) is 5. The molecule has 0 fully saturated rings. The average molecular weight is 346 g/mol. The normalized spacial score (nSPS) is 13.8. The van der Waals surface area contributed by atoms with Gasteiger partial charge in [0.15, 0.2) is 0 Å². The minimum absolute atomic E-state index is 0.120. The Kier molecular flexibility index (Phi) is 5.21. The van der Waals surface area contributed by atoms with Gasteiger partial charge in [0.2, 0.25) is 10.0 Å². The van der Waals surface area contributed by atoms with Crippen LogP contribution in [0.25, 0.3) is 0 Å². The monoisotopic (exact) mass is 345 g/mol. The quantitative estimate of drug-likeness (QED) is 0.876. The molecule has 0 amide bonds. The van der Waals surface area contributed by atoms with E-state index in [9.17, 15) is 8.42 Å². The van der Waals surface area contributed by atoms with Crippen LogP contribution in [-0.4, -0.2) is 30.9 Å². The summed E-state index contributed by atoms with van der Waals surface area (Å²) in [6, 6.07) is 5.44. The zero-order valence-electron chi connectivity index (χ0n) is 12.2. The SMILES string of the molecule is Cc1sc(CO)cc1S(=O)(=O)N(C)C(C)Cc1cccs1. The molecule has 0 spiro atoms. The molecule has 2 heterocycles. The number of nitrogens with zero attached hydrogens (tertiary/aromatic N) is 1. The van der Waals surface area contributed by atoms with E-state index in [1.54, 1.807) is 31.4 Å². The van der Waals surface area contributed by atoms with Crippen molar-refractivity contribution >= 4 is 32.7 Å². The van der Waals surface area contributed by atoms with Crippen molar-refractivity contribution in [1.82, 2.24) is 4.31 Å². The Morgan fingerprint density at radius 1 is 1.38 bits per heavy atom. The molecule has 1 atom stereocenters. The highest BCUT2D eigenvalue weighted by Gasteiger charge is 2.28. The Morgan fingerprint density at radius 3 is 2.62 bits per heavy atom. The molecule has 0 aliphatic carbocycles. The highest BCUT2D eigenvalue weighted by molar-refractivity contribution is 7.89. The summed E-state index contributed by atoms with van der Waals surface area (Å²) in [5.74, 6) is 0. The number of sulfonamides is 1. The summed E-state index contributed by atoms with van der Waals surface area (Å²) in [6.07, 6.45) is 0.698. The average Bonchev–Trinajstić information content (AvgIpc) is 3.07. The van der Waals surface area contributed by atoms with Gasteiger partial charge in [0.25, 0.3) is 0 Å². The van der Waals surface area contributed by atoms with Crippen molar-refractivity contribution in [3.8, 4) is 0 Å². The van der Waals surface area contributed by atoms with Crippen LogP contribution in [0, 0.1) is 6.92 Å². The second-order valence-electron chi connectivity index (χ2n) is 4.95. The zero-order chi connectivity index (χ0) is 15.6. The van der Waals surface area contributed by atoms with Crippen LogP contribution in [-0.2, 0) is 23.1 Å². The van der Waals surface area contributed by atoms with Crippen molar-refractivity contribution < 1.29 is 13.5 Å². The first-order valence-corrected chi connectivity index (χ1v) is 9.70. The number of rotatable bonds is 6. The van der Waals surface area contributed by atoms with E-state index in [0.717, 1.165) is 0 Å². The van der Waals surface area contributed by atoms with Gasteiger partial charge in [-0.2, -0.15) is 4.31 Å². The van der Waals surface area contributed by atoms with Gasteiger partial charge in [0, 0.05) is 27.7 Å². The maximum atomic E-state index is 12.7. The van der Waals surface area contributed by atoms with Gasteiger partial charge < -0.3 is 5.11 Å². The zero-order valence-corrected chi connectivity index (χ0v) is 14.7. The van der Waals surface area contributed by atoms with Crippen molar-refractivity contribution in [2.75, 3.05) is 7.05 Å². The van der Waals surface area contributed by atoms with Gasteiger partial charge >= 0.3 is 0 Å². The standard InChI is InChI=1S/C14H19NO3S3/c1-10(7-12-5-4-6-19-12)15(3)21(17,18)14-8-13(9-16)20-11(14)2/h4-6,8,10,16H,7,9H2,1-3H3. The molecule has 116 valence electrons. The van der Waals surface area contributed by atoms with Gasteiger partial charge in [0.1, 0.15) is 0 Å². The minimum atomic E-state index is -3.52. The molecule has 2 aromatic rings.